The number of nitrogens with two attached hydrogens (primary N) is 1. The molecule has 3 heteroatoms. The fraction of sp³-hybridized carbons (Fsp3) is 0.938. The Kier molecular flexibility index (Phi) is 4.54. The Balaban J connectivity index is 1.65. The standard InChI is InChI=1S/C16H31N3/c1-16(2,15(17)18)7-4-8-19(3)11-14-10-12-5-6-13(14)9-12/h12-14H,4-11H2,1-3H3,(H3,17,18). The summed E-state index contributed by atoms with van der Waals surface area (Å²) < 4.78 is 0. The molecule has 2 aliphatic carbocycles. The maximum absolute atomic E-state index is 7.58. The van der Waals surface area contributed by atoms with Crippen LogP contribution in [0.5, 0.6) is 0 Å². The van der Waals surface area contributed by atoms with Crippen LogP contribution in [0.3, 0.4) is 0 Å². The molecule has 2 fully saturated rings. The topological polar surface area (TPSA) is 53.1 Å². The predicted molar refractivity (Wildman–Crippen MR) is 81.4 cm³/mol. The molecule has 110 valence electrons. The van der Waals surface area contributed by atoms with Crippen molar-refractivity contribution in [1.29, 1.82) is 5.41 Å². The van der Waals surface area contributed by atoms with Crippen molar-refractivity contribution >= 4 is 5.84 Å². The summed E-state index contributed by atoms with van der Waals surface area (Å²) in [4.78, 5) is 2.50. The second-order valence-corrected chi connectivity index (χ2v) is 7.60. The fourth-order valence-electron chi connectivity index (χ4n) is 4.02. The van der Waals surface area contributed by atoms with Crippen molar-refractivity contribution in [1.82, 2.24) is 4.90 Å². The molecular weight excluding hydrogens is 234 g/mol. The molecule has 2 rings (SSSR count). The third-order valence-electron chi connectivity index (χ3n) is 5.50. The molecule has 2 saturated carbocycles. The molecule has 0 aromatic carbocycles. The molecule has 3 unspecified atom stereocenters. The van der Waals surface area contributed by atoms with Crippen LogP contribution in [-0.4, -0.2) is 30.9 Å². The van der Waals surface area contributed by atoms with E-state index in [0.717, 1.165) is 37.1 Å². The van der Waals surface area contributed by atoms with E-state index in [1.807, 2.05) is 0 Å². The number of nitrogens with zero attached hydrogens (tertiary/aromatic N) is 1. The molecular formula is C16H31N3. The Morgan fingerprint density at radius 2 is 2.05 bits per heavy atom. The van der Waals surface area contributed by atoms with Crippen molar-refractivity contribution in [2.45, 2.75) is 52.4 Å². The maximum atomic E-state index is 7.58. The van der Waals surface area contributed by atoms with Crippen LogP contribution in [0.15, 0.2) is 0 Å². The number of hydrogen-bond donors (Lipinski definition) is 2. The minimum Gasteiger partial charge on any atom is -0.387 e. The van der Waals surface area contributed by atoms with E-state index in [-0.39, 0.29) is 5.41 Å². The second kappa shape index (κ2) is 5.82. The third-order valence-corrected chi connectivity index (χ3v) is 5.50. The van der Waals surface area contributed by atoms with Crippen molar-refractivity contribution in [2.75, 3.05) is 20.1 Å². The molecule has 19 heavy (non-hydrogen) atoms. The van der Waals surface area contributed by atoms with Gasteiger partial charge in [-0.1, -0.05) is 20.3 Å². The SMILES string of the molecule is CN(CCCC(C)(C)C(=N)N)CC1CC2CCC1C2. The molecule has 0 aromatic rings. The Hall–Kier alpha value is -0.570. The second-order valence-electron chi connectivity index (χ2n) is 7.60. The van der Waals surface area contributed by atoms with E-state index in [9.17, 15) is 0 Å². The third kappa shape index (κ3) is 3.71. The van der Waals surface area contributed by atoms with Crippen molar-refractivity contribution in [3.05, 3.63) is 0 Å². The number of nitrogens with one attached hydrogen (secondary N) is 1. The van der Waals surface area contributed by atoms with Gasteiger partial charge in [-0.15, -0.1) is 0 Å². The van der Waals surface area contributed by atoms with E-state index < -0.39 is 0 Å². The average molecular weight is 265 g/mol. The lowest BCUT2D eigenvalue weighted by Crippen LogP contribution is -2.33. The van der Waals surface area contributed by atoms with Crippen LogP contribution in [0.2, 0.25) is 0 Å². The molecule has 0 radical (unpaired) electrons. The van der Waals surface area contributed by atoms with Gasteiger partial charge in [0.1, 0.15) is 0 Å². The first kappa shape index (κ1) is 14.8. The average Bonchev–Trinajstić information content (AvgIpc) is 2.90. The first-order valence-electron chi connectivity index (χ1n) is 7.91. The molecule has 0 heterocycles. The maximum Gasteiger partial charge on any atom is 0.0963 e. The minimum atomic E-state index is -0.132. The Labute approximate surface area is 118 Å². The van der Waals surface area contributed by atoms with Crippen molar-refractivity contribution in [2.24, 2.45) is 28.9 Å². The summed E-state index contributed by atoms with van der Waals surface area (Å²) >= 11 is 0. The lowest BCUT2D eigenvalue weighted by atomic mass is 9.86. The van der Waals surface area contributed by atoms with Crippen molar-refractivity contribution in [3.8, 4) is 0 Å². The van der Waals surface area contributed by atoms with Gasteiger partial charge in [0.05, 0.1) is 5.84 Å². The van der Waals surface area contributed by atoms with Gasteiger partial charge in [-0.05, 0) is 63.5 Å². The van der Waals surface area contributed by atoms with Crippen LogP contribution >= 0.6 is 0 Å². The van der Waals surface area contributed by atoms with Gasteiger partial charge in [-0.25, -0.2) is 0 Å². The molecule has 0 aromatic heterocycles. The van der Waals surface area contributed by atoms with E-state index in [1.165, 1.54) is 32.2 Å². The first-order valence-corrected chi connectivity index (χ1v) is 7.91. The van der Waals surface area contributed by atoms with Crippen molar-refractivity contribution < 1.29 is 0 Å². The number of fused-ring (bicyclic) bond motifs is 2. The lowest BCUT2D eigenvalue weighted by Gasteiger charge is -2.28. The summed E-state index contributed by atoms with van der Waals surface area (Å²) in [6.07, 6.45) is 8.13. The Bertz CT molecular complexity index is 324. The van der Waals surface area contributed by atoms with Gasteiger partial charge in [-0.2, -0.15) is 0 Å². The van der Waals surface area contributed by atoms with Gasteiger partial charge in [0.15, 0.2) is 0 Å². The Morgan fingerprint density at radius 1 is 1.32 bits per heavy atom. The van der Waals surface area contributed by atoms with Gasteiger partial charge in [-0.3, -0.25) is 5.41 Å². The van der Waals surface area contributed by atoms with Crippen LogP contribution in [-0.2, 0) is 0 Å². The van der Waals surface area contributed by atoms with Crippen molar-refractivity contribution in [3.63, 3.8) is 0 Å². The minimum absolute atomic E-state index is 0.132. The van der Waals surface area contributed by atoms with Gasteiger partial charge in [0, 0.05) is 12.0 Å². The number of hydrogen-bond acceptors (Lipinski definition) is 2. The molecule has 3 nitrogen and oxygen atoms in total. The zero-order valence-corrected chi connectivity index (χ0v) is 12.9. The molecule has 0 aliphatic heterocycles. The summed E-state index contributed by atoms with van der Waals surface area (Å²) in [6.45, 7) is 6.57. The van der Waals surface area contributed by atoms with Crippen LogP contribution in [0.4, 0.5) is 0 Å². The van der Waals surface area contributed by atoms with Gasteiger partial charge in [0.2, 0.25) is 0 Å². The zero-order valence-electron chi connectivity index (χ0n) is 12.9. The van der Waals surface area contributed by atoms with Crippen LogP contribution in [0.1, 0.15) is 52.4 Å². The highest BCUT2D eigenvalue weighted by molar-refractivity contribution is 5.82. The monoisotopic (exact) mass is 265 g/mol. The van der Waals surface area contributed by atoms with E-state index in [4.69, 9.17) is 11.1 Å². The van der Waals surface area contributed by atoms with Gasteiger partial charge in [0.25, 0.3) is 0 Å². The molecule has 3 atom stereocenters. The summed E-state index contributed by atoms with van der Waals surface area (Å²) in [5.41, 5.74) is 5.50. The molecule has 2 aliphatic rings. The molecule has 0 amide bonds. The highest BCUT2D eigenvalue weighted by Gasteiger charge is 2.39. The fourth-order valence-corrected chi connectivity index (χ4v) is 4.02. The number of rotatable bonds is 7. The van der Waals surface area contributed by atoms with Gasteiger partial charge < -0.3 is 10.6 Å². The molecule has 0 saturated heterocycles. The van der Waals surface area contributed by atoms with Crippen LogP contribution < -0.4 is 5.73 Å². The van der Waals surface area contributed by atoms with E-state index in [0.29, 0.717) is 5.84 Å². The molecule has 0 spiro atoms. The summed E-state index contributed by atoms with van der Waals surface area (Å²) in [5, 5.41) is 7.58. The molecule has 3 N–H and O–H groups in total. The quantitative estimate of drug-likeness (QED) is 0.549. The van der Waals surface area contributed by atoms with Gasteiger partial charge >= 0.3 is 0 Å². The summed E-state index contributed by atoms with van der Waals surface area (Å²) in [5.74, 6) is 3.37. The number of amidine groups is 1. The normalized spacial score (nSPS) is 30.2. The zero-order chi connectivity index (χ0) is 14.0. The van der Waals surface area contributed by atoms with E-state index >= 15 is 0 Å². The Morgan fingerprint density at radius 3 is 2.58 bits per heavy atom. The smallest absolute Gasteiger partial charge is 0.0963 e. The predicted octanol–water partition coefficient (Wildman–Crippen LogP) is 3.10. The van der Waals surface area contributed by atoms with E-state index in [1.54, 1.807) is 0 Å². The summed E-state index contributed by atoms with van der Waals surface area (Å²) in [7, 11) is 2.26. The molecule has 2 bridgehead atoms. The largest absolute Gasteiger partial charge is 0.387 e. The lowest BCUT2D eigenvalue weighted by molar-refractivity contribution is 0.213. The first-order chi connectivity index (χ1) is 8.88. The van der Waals surface area contributed by atoms with E-state index in [2.05, 4.69) is 25.8 Å². The highest BCUT2D eigenvalue weighted by atomic mass is 15.1. The van der Waals surface area contributed by atoms with Crippen LogP contribution in [0, 0.1) is 28.6 Å². The highest BCUT2D eigenvalue weighted by Crippen LogP contribution is 2.48. The summed E-state index contributed by atoms with van der Waals surface area (Å²) in [6, 6.07) is 0. The van der Waals surface area contributed by atoms with Crippen LogP contribution in [0.25, 0.3) is 0 Å².